The quantitative estimate of drug-likeness (QED) is 0.852. The van der Waals surface area contributed by atoms with E-state index in [4.69, 9.17) is 4.74 Å². The van der Waals surface area contributed by atoms with Crippen LogP contribution in [0.15, 0.2) is 24.3 Å². The van der Waals surface area contributed by atoms with Gasteiger partial charge in [0.25, 0.3) is 0 Å². The van der Waals surface area contributed by atoms with E-state index in [-0.39, 0.29) is 6.42 Å². The highest BCUT2D eigenvalue weighted by Gasteiger charge is 2.20. The van der Waals surface area contributed by atoms with Crippen molar-refractivity contribution in [3.8, 4) is 0 Å². The van der Waals surface area contributed by atoms with Crippen molar-refractivity contribution in [2.45, 2.75) is 38.8 Å². The molecule has 1 aromatic rings. The summed E-state index contributed by atoms with van der Waals surface area (Å²) in [4.78, 5) is 22.4. The van der Waals surface area contributed by atoms with Gasteiger partial charge in [0.15, 0.2) is 0 Å². The van der Waals surface area contributed by atoms with Crippen molar-refractivity contribution in [1.82, 2.24) is 5.32 Å². The third-order valence-corrected chi connectivity index (χ3v) is 2.26. The maximum atomic E-state index is 13.4. The standard InChI is InChI=1S/C14H18FNO3/c1-14(2,3)19-13(18)16-11(9-17)8-10-6-4-5-7-12(10)15/h4-7,9,11H,8H2,1-3H3,(H,16,18)/t11-/m0/s1. The molecule has 104 valence electrons. The number of alkyl carbamates (subject to hydrolysis) is 1. The molecule has 5 heteroatoms. The summed E-state index contributed by atoms with van der Waals surface area (Å²) in [5.41, 5.74) is -0.272. The number of benzene rings is 1. The lowest BCUT2D eigenvalue weighted by atomic mass is 10.1. The molecule has 1 rings (SSSR count). The van der Waals surface area contributed by atoms with E-state index in [0.717, 1.165) is 0 Å². The van der Waals surface area contributed by atoms with E-state index >= 15 is 0 Å². The average Bonchev–Trinajstić information content (AvgIpc) is 2.28. The van der Waals surface area contributed by atoms with Gasteiger partial charge in [-0.2, -0.15) is 0 Å². The van der Waals surface area contributed by atoms with Crippen LogP contribution in [0.2, 0.25) is 0 Å². The van der Waals surface area contributed by atoms with Crippen LogP contribution in [0.5, 0.6) is 0 Å². The van der Waals surface area contributed by atoms with Crippen LogP contribution in [0.3, 0.4) is 0 Å². The second-order valence-electron chi connectivity index (χ2n) is 5.18. The van der Waals surface area contributed by atoms with Crippen LogP contribution in [-0.4, -0.2) is 24.0 Å². The Bertz CT molecular complexity index is 454. The largest absolute Gasteiger partial charge is 0.444 e. The first-order valence-electron chi connectivity index (χ1n) is 6.00. The summed E-state index contributed by atoms with van der Waals surface area (Å²) in [6.07, 6.45) is -0.0351. The first-order valence-corrected chi connectivity index (χ1v) is 6.00. The Kier molecular flexibility index (Phi) is 5.03. The summed E-state index contributed by atoms with van der Waals surface area (Å²) in [7, 11) is 0. The van der Waals surface area contributed by atoms with Crippen molar-refractivity contribution in [3.05, 3.63) is 35.6 Å². The summed E-state index contributed by atoms with van der Waals surface area (Å²) in [6.45, 7) is 5.16. The highest BCUT2D eigenvalue weighted by molar-refractivity contribution is 5.73. The number of carbonyl (C=O) groups excluding carboxylic acids is 2. The van der Waals surface area contributed by atoms with Crippen LogP contribution >= 0.6 is 0 Å². The molecule has 19 heavy (non-hydrogen) atoms. The molecule has 0 saturated carbocycles. The number of halogens is 1. The molecule has 1 amide bonds. The van der Waals surface area contributed by atoms with Gasteiger partial charge in [0.1, 0.15) is 17.7 Å². The van der Waals surface area contributed by atoms with Crippen molar-refractivity contribution in [2.75, 3.05) is 0 Å². The van der Waals surface area contributed by atoms with Crippen molar-refractivity contribution in [1.29, 1.82) is 0 Å². The Hall–Kier alpha value is -1.91. The van der Waals surface area contributed by atoms with Crippen LogP contribution in [0.4, 0.5) is 9.18 Å². The van der Waals surface area contributed by atoms with Crippen LogP contribution in [0.25, 0.3) is 0 Å². The summed E-state index contributed by atoms with van der Waals surface area (Å²) < 4.78 is 18.5. The maximum Gasteiger partial charge on any atom is 0.408 e. The van der Waals surface area contributed by atoms with Gasteiger partial charge in [0.2, 0.25) is 0 Å². The van der Waals surface area contributed by atoms with Crippen molar-refractivity contribution >= 4 is 12.4 Å². The minimum absolute atomic E-state index is 0.0927. The van der Waals surface area contributed by atoms with Gasteiger partial charge in [-0.1, -0.05) is 18.2 Å². The Morgan fingerprint density at radius 2 is 2.05 bits per heavy atom. The Morgan fingerprint density at radius 3 is 2.58 bits per heavy atom. The topological polar surface area (TPSA) is 55.4 Å². The third kappa shape index (κ3) is 5.50. The molecule has 0 radical (unpaired) electrons. The summed E-state index contributed by atoms with van der Waals surface area (Å²) in [6, 6.07) is 5.31. The van der Waals surface area contributed by atoms with Gasteiger partial charge in [0, 0.05) is 6.42 Å². The van der Waals surface area contributed by atoms with E-state index in [9.17, 15) is 14.0 Å². The van der Waals surface area contributed by atoms with Gasteiger partial charge < -0.3 is 14.8 Å². The summed E-state index contributed by atoms with van der Waals surface area (Å²) in [5, 5.41) is 2.40. The molecule has 0 aliphatic rings. The van der Waals surface area contributed by atoms with E-state index in [1.54, 1.807) is 39.0 Å². The molecule has 1 atom stereocenters. The smallest absolute Gasteiger partial charge is 0.408 e. The number of hydrogen-bond donors (Lipinski definition) is 1. The first kappa shape index (κ1) is 15.1. The average molecular weight is 267 g/mol. The van der Waals surface area contributed by atoms with Gasteiger partial charge in [0.05, 0.1) is 6.04 Å². The fraction of sp³-hybridized carbons (Fsp3) is 0.429. The third-order valence-electron chi connectivity index (χ3n) is 2.26. The molecule has 0 bridgehead atoms. The molecule has 0 fully saturated rings. The monoisotopic (exact) mass is 267 g/mol. The second kappa shape index (κ2) is 6.31. The molecule has 0 heterocycles. The maximum absolute atomic E-state index is 13.4. The zero-order valence-electron chi connectivity index (χ0n) is 11.3. The predicted molar refractivity (Wildman–Crippen MR) is 69.3 cm³/mol. The van der Waals surface area contributed by atoms with Crippen LogP contribution in [-0.2, 0) is 16.0 Å². The van der Waals surface area contributed by atoms with Crippen molar-refractivity contribution < 1.29 is 18.7 Å². The van der Waals surface area contributed by atoms with Gasteiger partial charge in [-0.3, -0.25) is 0 Å². The number of aldehydes is 1. The number of ether oxygens (including phenoxy) is 1. The zero-order valence-corrected chi connectivity index (χ0v) is 11.3. The number of amides is 1. The van der Waals surface area contributed by atoms with E-state index in [1.807, 2.05) is 0 Å². The van der Waals surface area contributed by atoms with E-state index in [2.05, 4.69) is 5.32 Å². The predicted octanol–water partition coefficient (Wildman–Crippen LogP) is 2.46. The molecular formula is C14H18FNO3. The summed E-state index contributed by atoms with van der Waals surface area (Å²) >= 11 is 0. The molecule has 0 aliphatic carbocycles. The Labute approximate surface area is 112 Å². The van der Waals surface area contributed by atoms with E-state index in [1.165, 1.54) is 6.07 Å². The van der Waals surface area contributed by atoms with Gasteiger partial charge in [-0.05, 0) is 32.4 Å². The lowest BCUT2D eigenvalue weighted by molar-refractivity contribution is -0.109. The van der Waals surface area contributed by atoms with E-state index in [0.29, 0.717) is 11.8 Å². The molecule has 0 spiro atoms. The number of nitrogens with one attached hydrogen (secondary N) is 1. The number of hydrogen-bond acceptors (Lipinski definition) is 3. The van der Waals surface area contributed by atoms with Gasteiger partial charge in [-0.25, -0.2) is 9.18 Å². The zero-order chi connectivity index (χ0) is 14.5. The Balaban J connectivity index is 2.62. The highest BCUT2D eigenvalue weighted by atomic mass is 19.1. The second-order valence-corrected chi connectivity index (χ2v) is 5.18. The lowest BCUT2D eigenvalue weighted by Crippen LogP contribution is -2.41. The minimum Gasteiger partial charge on any atom is -0.444 e. The van der Waals surface area contributed by atoms with Gasteiger partial charge in [-0.15, -0.1) is 0 Å². The molecular weight excluding hydrogens is 249 g/mol. The number of carbonyl (C=O) groups is 2. The molecule has 1 aromatic carbocycles. The van der Waals surface area contributed by atoms with E-state index < -0.39 is 23.6 Å². The fourth-order valence-corrected chi connectivity index (χ4v) is 1.49. The van der Waals surface area contributed by atoms with Crippen LogP contribution in [0, 0.1) is 5.82 Å². The molecule has 0 unspecified atom stereocenters. The minimum atomic E-state index is -0.813. The normalized spacial score (nSPS) is 12.6. The van der Waals surface area contributed by atoms with Crippen molar-refractivity contribution in [2.24, 2.45) is 0 Å². The number of rotatable bonds is 4. The van der Waals surface area contributed by atoms with Crippen LogP contribution < -0.4 is 5.32 Å². The SMILES string of the molecule is CC(C)(C)OC(=O)N[C@H](C=O)Cc1ccccc1F. The molecule has 4 nitrogen and oxygen atoms in total. The van der Waals surface area contributed by atoms with Gasteiger partial charge >= 0.3 is 6.09 Å². The highest BCUT2D eigenvalue weighted by Crippen LogP contribution is 2.10. The molecule has 0 aromatic heterocycles. The van der Waals surface area contributed by atoms with Crippen LogP contribution in [0.1, 0.15) is 26.3 Å². The first-order chi connectivity index (χ1) is 8.81. The fourth-order valence-electron chi connectivity index (χ4n) is 1.49. The Morgan fingerprint density at radius 1 is 1.42 bits per heavy atom. The molecule has 1 N–H and O–H groups in total. The lowest BCUT2D eigenvalue weighted by Gasteiger charge is -2.21. The van der Waals surface area contributed by atoms with Crippen molar-refractivity contribution in [3.63, 3.8) is 0 Å². The summed E-state index contributed by atoms with van der Waals surface area (Å²) in [5.74, 6) is -0.402. The molecule has 0 aliphatic heterocycles. The molecule has 0 saturated heterocycles.